The molecule has 0 spiro atoms. The number of carbonyl (C=O) groups excluding carboxylic acids is 1. The van der Waals surface area contributed by atoms with Crippen molar-refractivity contribution in [3.05, 3.63) is 36.9 Å². The molecule has 2 amide bonds. The average molecular weight is 250 g/mol. The summed E-state index contributed by atoms with van der Waals surface area (Å²) in [6, 6.07) is 7.01. The molecule has 0 fully saturated rings. The first-order chi connectivity index (χ1) is 8.77. The molecule has 0 aromatic heterocycles. The highest BCUT2D eigenvalue weighted by Crippen LogP contribution is 2.25. The summed E-state index contributed by atoms with van der Waals surface area (Å²) in [5.41, 5.74) is 0. The van der Waals surface area contributed by atoms with E-state index < -0.39 is 0 Å². The van der Waals surface area contributed by atoms with Crippen LogP contribution >= 0.6 is 0 Å². The summed E-state index contributed by atoms with van der Waals surface area (Å²) in [6.07, 6.45) is 1.60. The van der Waals surface area contributed by atoms with Crippen LogP contribution in [0.1, 0.15) is 6.92 Å². The first kappa shape index (κ1) is 13.9. The highest BCUT2D eigenvalue weighted by molar-refractivity contribution is 5.73. The van der Waals surface area contributed by atoms with E-state index >= 15 is 0 Å². The van der Waals surface area contributed by atoms with Crippen LogP contribution in [0.3, 0.4) is 0 Å². The summed E-state index contributed by atoms with van der Waals surface area (Å²) in [5.74, 6) is 1.26. The quantitative estimate of drug-likeness (QED) is 0.574. The summed E-state index contributed by atoms with van der Waals surface area (Å²) in [7, 11) is 0. The number of benzene rings is 1. The lowest BCUT2D eigenvalue weighted by atomic mass is 10.3. The van der Waals surface area contributed by atoms with Crippen LogP contribution in [0.5, 0.6) is 11.5 Å². The monoisotopic (exact) mass is 250 g/mol. The van der Waals surface area contributed by atoms with Crippen molar-refractivity contribution in [1.82, 2.24) is 10.6 Å². The fourth-order valence-corrected chi connectivity index (χ4v) is 1.25. The summed E-state index contributed by atoms with van der Waals surface area (Å²) in [4.78, 5) is 11.2. The van der Waals surface area contributed by atoms with Crippen LogP contribution in [0, 0.1) is 0 Å². The van der Waals surface area contributed by atoms with E-state index in [0.717, 1.165) is 0 Å². The van der Waals surface area contributed by atoms with Crippen molar-refractivity contribution in [2.75, 3.05) is 19.9 Å². The molecular formula is C13H18N2O3. The maximum absolute atomic E-state index is 11.2. The second kappa shape index (κ2) is 8.00. The number of nitrogens with one attached hydrogen (secondary N) is 2. The Morgan fingerprint density at radius 1 is 1.28 bits per heavy atom. The van der Waals surface area contributed by atoms with E-state index in [-0.39, 0.29) is 12.8 Å². The van der Waals surface area contributed by atoms with Gasteiger partial charge in [0.15, 0.2) is 18.2 Å². The SMILES string of the molecule is C=CCNC(=O)NCOc1ccccc1OCC. The molecule has 0 saturated heterocycles. The minimum atomic E-state index is -0.302. The molecule has 0 aliphatic rings. The van der Waals surface area contributed by atoms with Gasteiger partial charge in [-0.1, -0.05) is 18.2 Å². The molecule has 1 aromatic carbocycles. The molecule has 2 N–H and O–H groups in total. The zero-order valence-electron chi connectivity index (χ0n) is 10.4. The number of amides is 2. The Bertz CT molecular complexity index is 394. The van der Waals surface area contributed by atoms with Gasteiger partial charge >= 0.3 is 6.03 Å². The largest absolute Gasteiger partial charge is 0.490 e. The molecule has 5 nitrogen and oxygen atoms in total. The van der Waals surface area contributed by atoms with Crippen molar-refractivity contribution in [1.29, 1.82) is 0 Å². The highest BCUT2D eigenvalue weighted by atomic mass is 16.5. The molecule has 5 heteroatoms. The molecule has 0 atom stereocenters. The van der Waals surface area contributed by atoms with Crippen LogP contribution in [-0.4, -0.2) is 25.9 Å². The molecule has 98 valence electrons. The summed E-state index contributed by atoms with van der Waals surface area (Å²) in [5, 5.41) is 5.14. The summed E-state index contributed by atoms with van der Waals surface area (Å²) >= 11 is 0. The van der Waals surface area contributed by atoms with Gasteiger partial charge in [-0.2, -0.15) is 0 Å². The Labute approximate surface area is 107 Å². The number of urea groups is 1. The van der Waals surface area contributed by atoms with Crippen molar-refractivity contribution in [3.8, 4) is 11.5 Å². The van der Waals surface area contributed by atoms with Gasteiger partial charge in [-0.25, -0.2) is 4.79 Å². The third kappa shape index (κ3) is 4.78. The fourth-order valence-electron chi connectivity index (χ4n) is 1.25. The Hall–Kier alpha value is -2.17. The van der Waals surface area contributed by atoms with Crippen molar-refractivity contribution >= 4 is 6.03 Å². The molecular weight excluding hydrogens is 232 g/mol. The Kier molecular flexibility index (Phi) is 6.17. The van der Waals surface area contributed by atoms with E-state index in [1.807, 2.05) is 25.1 Å². The van der Waals surface area contributed by atoms with E-state index in [0.29, 0.717) is 24.7 Å². The number of hydrogen-bond acceptors (Lipinski definition) is 3. The molecule has 0 radical (unpaired) electrons. The fraction of sp³-hybridized carbons (Fsp3) is 0.308. The second-order valence-corrected chi connectivity index (χ2v) is 3.34. The van der Waals surface area contributed by atoms with Crippen molar-refractivity contribution in [3.63, 3.8) is 0 Å². The van der Waals surface area contributed by atoms with E-state index in [1.54, 1.807) is 12.1 Å². The summed E-state index contributed by atoms with van der Waals surface area (Å²) in [6.45, 7) is 6.46. The lowest BCUT2D eigenvalue weighted by molar-refractivity contribution is 0.221. The Morgan fingerprint density at radius 2 is 1.94 bits per heavy atom. The van der Waals surface area contributed by atoms with Gasteiger partial charge in [0.25, 0.3) is 0 Å². The van der Waals surface area contributed by atoms with Crippen LogP contribution in [0.2, 0.25) is 0 Å². The van der Waals surface area contributed by atoms with Gasteiger partial charge in [0.1, 0.15) is 0 Å². The molecule has 0 aliphatic carbocycles. The predicted octanol–water partition coefficient (Wildman–Crippen LogP) is 1.91. The third-order valence-corrected chi connectivity index (χ3v) is 2.02. The third-order valence-electron chi connectivity index (χ3n) is 2.02. The van der Waals surface area contributed by atoms with Crippen LogP contribution in [0.15, 0.2) is 36.9 Å². The molecule has 0 unspecified atom stereocenters. The normalized spacial score (nSPS) is 9.39. The van der Waals surface area contributed by atoms with Gasteiger partial charge in [-0.05, 0) is 19.1 Å². The van der Waals surface area contributed by atoms with E-state index in [1.165, 1.54) is 0 Å². The van der Waals surface area contributed by atoms with Crippen molar-refractivity contribution in [2.24, 2.45) is 0 Å². The maximum Gasteiger partial charge on any atom is 0.317 e. The predicted molar refractivity (Wildman–Crippen MR) is 69.8 cm³/mol. The lowest BCUT2D eigenvalue weighted by Crippen LogP contribution is -2.37. The first-order valence-electron chi connectivity index (χ1n) is 5.75. The minimum Gasteiger partial charge on any atom is -0.490 e. The van der Waals surface area contributed by atoms with Crippen LogP contribution in [-0.2, 0) is 0 Å². The van der Waals surface area contributed by atoms with Gasteiger partial charge < -0.3 is 20.1 Å². The van der Waals surface area contributed by atoms with Crippen molar-refractivity contribution in [2.45, 2.75) is 6.92 Å². The Morgan fingerprint density at radius 3 is 2.56 bits per heavy atom. The van der Waals surface area contributed by atoms with E-state index in [9.17, 15) is 4.79 Å². The molecule has 1 rings (SSSR count). The van der Waals surface area contributed by atoms with Gasteiger partial charge in [0.05, 0.1) is 6.61 Å². The molecule has 1 aromatic rings. The molecule has 0 saturated carbocycles. The van der Waals surface area contributed by atoms with E-state index in [4.69, 9.17) is 9.47 Å². The first-order valence-corrected chi connectivity index (χ1v) is 5.75. The van der Waals surface area contributed by atoms with Crippen LogP contribution in [0.25, 0.3) is 0 Å². The molecule has 0 heterocycles. The number of carbonyl (C=O) groups is 1. The number of rotatable bonds is 7. The maximum atomic E-state index is 11.2. The average Bonchev–Trinajstić information content (AvgIpc) is 2.38. The second-order valence-electron chi connectivity index (χ2n) is 3.34. The topological polar surface area (TPSA) is 59.6 Å². The number of hydrogen-bond donors (Lipinski definition) is 2. The molecule has 18 heavy (non-hydrogen) atoms. The Balaban J connectivity index is 2.38. The van der Waals surface area contributed by atoms with Crippen molar-refractivity contribution < 1.29 is 14.3 Å². The van der Waals surface area contributed by atoms with Gasteiger partial charge in [-0.15, -0.1) is 6.58 Å². The summed E-state index contributed by atoms with van der Waals surface area (Å²) < 4.78 is 10.8. The van der Waals surface area contributed by atoms with Gasteiger partial charge in [-0.3, -0.25) is 0 Å². The van der Waals surface area contributed by atoms with Gasteiger partial charge in [0.2, 0.25) is 0 Å². The number of ether oxygens (including phenoxy) is 2. The van der Waals surface area contributed by atoms with Crippen LogP contribution < -0.4 is 20.1 Å². The molecule has 0 bridgehead atoms. The zero-order valence-corrected chi connectivity index (χ0v) is 10.4. The standard InChI is InChI=1S/C13H18N2O3/c1-3-9-14-13(16)15-10-18-12-8-6-5-7-11(12)17-4-2/h3,5-8H,1,4,9-10H2,2H3,(H2,14,15,16). The zero-order chi connectivity index (χ0) is 13.2. The van der Waals surface area contributed by atoms with E-state index in [2.05, 4.69) is 17.2 Å². The smallest absolute Gasteiger partial charge is 0.317 e. The molecule has 0 aliphatic heterocycles. The van der Waals surface area contributed by atoms with Gasteiger partial charge in [0, 0.05) is 6.54 Å². The number of para-hydroxylation sites is 2. The highest BCUT2D eigenvalue weighted by Gasteiger charge is 2.03. The lowest BCUT2D eigenvalue weighted by Gasteiger charge is -2.12. The van der Waals surface area contributed by atoms with Crippen LogP contribution in [0.4, 0.5) is 4.79 Å². The minimum absolute atomic E-state index is 0.0765.